The number of rotatable bonds is 6. The number of aromatic nitrogens is 3. The molecule has 2 fully saturated rings. The highest BCUT2D eigenvalue weighted by atomic mass is 16.2. The summed E-state index contributed by atoms with van der Waals surface area (Å²) in [5, 5.41) is 9.96. The smallest absolute Gasteiger partial charge is 0.251 e. The predicted octanol–water partition coefficient (Wildman–Crippen LogP) is 1.51. The van der Waals surface area contributed by atoms with Gasteiger partial charge >= 0.3 is 0 Å². The summed E-state index contributed by atoms with van der Waals surface area (Å²) in [4.78, 5) is 39.5. The molecule has 32 heavy (non-hydrogen) atoms. The molecule has 1 spiro atoms. The fraction of sp³-hybridized carbons (Fsp3) is 0.348. The van der Waals surface area contributed by atoms with E-state index in [2.05, 4.69) is 30.9 Å². The molecule has 2 amide bonds. The lowest BCUT2D eigenvalue weighted by Crippen LogP contribution is -2.56. The van der Waals surface area contributed by atoms with E-state index in [9.17, 15) is 9.59 Å². The number of nitrogens with zero attached hydrogens (tertiary/aromatic N) is 4. The number of amides is 2. The normalized spacial score (nSPS) is 16.7. The second-order valence-electron chi connectivity index (χ2n) is 8.37. The molecular weight excluding hydrogens is 406 g/mol. The van der Waals surface area contributed by atoms with Crippen molar-refractivity contribution in [2.75, 3.05) is 36.9 Å². The molecule has 2 aromatic heterocycles. The molecule has 3 N–H and O–H groups in total. The predicted molar refractivity (Wildman–Crippen MR) is 122 cm³/mol. The van der Waals surface area contributed by atoms with E-state index < -0.39 is 0 Å². The zero-order chi connectivity index (χ0) is 22.1. The zero-order valence-corrected chi connectivity index (χ0v) is 17.9. The van der Waals surface area contributed by atoms with Crippen molar-refractivity contribution in [3.05, 3.63) is 54.0 Å². The zero-order valence-electron chi connectivity index (χ0n) is 17.9. The molecule has 1 saturated carbocycles. The van der Waals surface area contributed by atoms with Crippen molar-refractivity contribution < 1.29 is 9.59 Å². The lowest BCUT2D eigenvalue weighted by atomic mass is 10.0. The molecule has 2 aliphatic rings. The molecule has 0 radical (unpaired) electrons. The van der Waals surface area contributed by atoms with Crippen molar-refractivity contribution >= 4 is 34.4 Å². The third kappa shape index (κ3) is 3.93. The van der Waals surface area contributed by atoms with Crippen LogP contribution >= 0.6 is 0 Å². The van der Waals surface area contributed by atoms with E-state index in [0.717, 1.165) is 48.1 Å². The van der Waals surface area contributed by atoms with Gasteiger partial charge in [0, 0.05) is 37.8 Å². The van der Waals surface area contributed by atoms with E-state index in [1.165, 1.54) is 6.33 Å². The van der Waals surface area contributed by atoms with Crippen LogP contribution in [0, 0.1) is 0 Å². The molecule has 164 valence electrons. The standard InChI is InChI=1S/C23H25N7O2/c1-24-22(32)17-6-10-26-21-15(3-2-4-16(17)21)5-9-25-18-11-19(28-14-27-18)30-12-20(31)29-23(13-30)7-8-23/h2-4,6,10-11,14H,5,7-9,12-13H2,1H3,(H,24,32)(H,29,31)(H,25,27,28). The summed E-state index contributed by atoms with van der Waals surface area (Å²) in [6.45, 7) is 1.74. The minimum atomic E-state index is -0.124. The Morgan fingerprint density at radius 1 is 1.22 bits per heavy atom. The molecule has 9 heteroatoms. The first kappa shape index (κ1) is 20.2. The van der Waals surface area contributed by atoms with Gasteiger partial charge < -0.3 is 20.9 Å². The van der Waals surface area contributed by atoms with Crippen molar-refractivity contribution in [2.24, 2.45) is 0 Å². The number of hydrogen-bond donors (Lipinski definition) is 3. The van der Waals surface area contributed by atoms with Gasteiger partial charge in [0.15, 0.2) is 0 Å². The Morgan fingerprint density at radius 3 is 2.91 bits per heavy atom. The fourth-order valence-corrected chi connectivity index (χ4v) is 4.28. The summed E-state index contributed by atoms with van der Waals surface area (Å²) in [6, 6.07) is 9.51. The second-order valence-corrected chi connectivity index (χ2v) is 8.37. The molecule has 3 heterocycles. The first-order chi connectivity index (χ1) is 15.6. The van der Waals surface area contributed by atoms with Crippen LogP contribution in [-0.2, 0) is 11.2 Å². The van der Waals surface area contributed by atoms with Crippen LogP contribution in [0.2, 0.25) is 0 Å². The number of pyridine rings is 1. The molecule has 0 atom stereocenters. The van der Waals surface area contributed by atoms with Gasteiger partial charge in [0.1, 0.15) is 18.0 Å². The number of hydrogen-bond acceptors (Lipinski definition) is 7. The number of para-hydroxylation sites is 1. The summed E-state index contributed by atoms with van der Waals surface area (Å²) in [6.07, 6.45) is 5.95. The summed E-state index contributed by atoms with van der Waals surface area (Å²) in [5.74, 6) is 1.39. The van der Waals surface area contributed by atoms with Gasteiger partial charge in [-0.05, 0) is 30.9 Å². The number of carbonyl (C=O) groups excluding carboxylic acids is 2. The summed E-state index contributed by atoms with van der Waals surface area (Å²) in [5.41, 5.74) is 2.43. The Kier molecular flexibility index (Phi) is 5.08. The molecule has 1 aromatic carbocycles. The van der Waals surface area contributed by atoms with E-state index in [1.807, 2.05) is 29.2 Å². The van der Waals surface area contributed by atoms with Gasteiger partial charge in [-0.25, -0.2) is 9.97 Å². The van der Waals surface area contributed by atoms with Crippen molar-refractivity contribution in [2.45, 2.75) is 24.8 Å². The Hall–Kier alpha value is -3.75. The van der Waals surface area contributed by atoms with Gasteiger partial charge in [-0.1, -0.05) is 18.2 Å². The first-order valence-corrected chi connectivity index (χ1v) is 10.8. The number of benzene rings is 1. The topological polar surface area (TPSA) is 112 Å². The van der Waals surface area contributed by atoms with E-state index in [1.54, 1.807) is 19.3 Å². The van der Waals surface area contributed by atoms with Crippen molar-refractivity contribution in [1.29, 1.82) is 0 Å². The van der Waals surface area contributed by atoms with Gasteiger partial charge in [0.25, 0.3) is 5.91 Å². The monoisotopic (exact) mass is 431 g/mol. The van der Waals surface area contributed by atoms with Crippen LogP contribution < -0.4 is 20.9 Å². The molecule has 0 unspecified atom stereocenters. The van der Waals surface area contributed by atoms with Crippen molar-refractivity contribution in [3.63, 3.8) is 0 Å². The number of anilines is 2. The third-order valence-electron chi connectivity index (χ3n) is 6.09. The maximum Gasteiger partial charge on any atom is 0.251 e. The SMILES string of the molecule is CNC(=O)c1ccnc2c(CCNc3cc(N4CC(=O)NC5(CC5)C4)ncn3)cccc12. The molecule has 1 saturated heterocycles. The highest BCUT2D eigenvalue weighted by molar-refractivity contribution is 6.06. The van der Waals surface area contributed by atoms with Crippen LogP contribution in [0.25, 0.3) is 10.9 Å². The van der Waals surface area contributed by atoms with Gasteiger partial charge in [-0.15, -0.1) is 0 Å². The molecule has 5 rings (SSSR count). The first-order valence-electron chi connectivity index (χ1n) is 10.8. The molecule has 9 nitrogen and oxygen atoms in total. The Balaban J connectivity index is 1.28. The third-order valence-corrected chi connectivity index (χ3v) is 6.09. The number of carbonyl (C=O) groups is 2. The van der Waals surface area contributed by atoms with Gasteiger partial charge in [0.2, 0.25) is 5.91 Å². The Morgan fingerprint density at radius 2 is 2.09 bits per heavy atom. The van der Waals surface area contributed by atoms with E-state index >= 15 is 0 Å². The minimum Gasteiger partial charge on any atom is -0.370 e. The highest BCUT2D eigenvalue weighted by Gasteiger charge is 2.48. The molecular formula is C23H25N7O2. The summed E-state index contributed by atoms with van der Waals surface area (Å²) in [7, 11) is 1.62. The van der Waals surface area contributed by atoms with Gasteiger partial charge in [-0.2, -0.15) is 0 Å². The molecule has 1 aliphatic heterocycles. The minimum absolute atomic E-state index is 0.0430. The Labute approximate surface area is 185 Å². The lowest BCUT2D eigenvalue weighted by molar-refractivity contribution is -0.121. The highest BCUT2D eigenvalue weighted by Crippen LogP contribution is 2.38. The fourth-order valence-electron chi connectivity index (χ4n) is 4.28. The van der Waals surface area contributed by atoms with E-state index in [4.69, 9.17) is 0 Å². The summed E-state index contributed by atoms with van der Waals surface area (Å²) < 4.78 is 0. The number of fused-ring (bicyclic) bond motifs is 1. The van der Waals surface area contributed by atoms with E-state index in [0.29, 0.717) is 24.5 Å². The average molecular weight is 432 g/mol. The Bertz CT molecular complexity index is 1190. The van der Waals surface area contributed by atoms with Crippen LogP contribution in [0.15, 0.2) is 42.9 Å². The maximum absolute atomic E-state index is 12.2. The largest absolute Gasteiger partial charge is 0.370 e. The number of piperazine rings is 1. The van der Waals surface area contributed by atoms with Crippen LogP contribution in [0.1, 0.15) is 28.8 Å². The van der Waals surface area contributed by atoms with Gasteiger partial charge in [0.05, 0.1) is 23.2 Å². The molecule has 1 aliphatic carbocycles. The molecule has 3 aromatic rings. The average Bonchev–Trinajstić information content (AvgIpc) is 3.55. The van der Waals surface area contributed by atoms with Gasteiger partial charge in [-0.3, -0.25) is 14.6 Å². The van der Waals surface area contributed by atoms with Crippen molar-refractivity contribution in [1.82, 2.24) is 25.6 Å². The van der Waals surface area contributed by atoms with E-state index in [-0.39, 0.29) is 17.4 Å². The lowest BCUT2D eigenvalue weighted by Gasteiger charge is -2.34. The number of nitrogens with one attached hydrogen (secondary N) is 3. The van der Waals surface area contributed by atoms with Crippen molar-refractivity contribution in [3.8, 4) is 0 Å². The van der Waals surface area contributed by atoms with Crippen LogP contribution in [0.5, 0.6) is 0 Å². The van der Waals surface area contributed by atoms with Crippen LogP contribution in [0.3, 0.4) is 0 Å². The van der Waals surface area contributed by atoms with Crippen LogP contribution in [0.4, 0.5) is 11.6 Å². The maximum atomic E-state index is 12.2. The molecule has 0 bridgehead atoms. The van der Waals surface area contributed by atoms with Crippen LogP contribution in [-0.4, -0.2) is 59.0 Å². The quantitative estimate of drug-likeness (QED) is 0.542. The summed E-state index contributed by atoms with van der Waals surface area (Å²) >= 11 is 0. The second kappa shape index (κ2) is 8.07.